The molecule has 0 saturated carbocycles. The summed E-state index contributed by atoms with van der Waals surface area (Å²) in [5, 5.41) is 14.1. The van der Waals surface area contributed by atoms with Crippen molar-refractivity contribution in [1.82, 2.24) is 30.2 Å². The summed E-state index contributed by atoms with van der Waals surface area (Å²) in [5.74, 6) is 0.458. The molecular formula is C37H46N6O2. The van der Waals surface area contributed by atoms with Crippen LogP contribution in [0.2, 0.25) is 0 Å². The maximum atomic E-state index is 14.1. The Balaban J connectivity index is 1.04. The van der Waals surface area contributed by atoms with E-state index in [0.717, 1.165) is 60.8 Å². The third kappa shape index (κ3) is 6.43. The van der Waals surface area contributed by atoms with Crippen molar-refractivity contribution in [2.45, 2.75) is 76.3 Å². The number of nitrogens with one attached hydrogen (secondary N) is 2. The van der Waals surface area contributed by atoms with Crippen molar-refractivity contribution in [2.75, 3.05) is 39.3 Å². The van der Waals surface area contributed by atoms with E-state index < -0.39 is 6.04 Å². The van der Waals surface area contributed by atoms with Crippen molar-refractivity contribution < 1.29 is 9.59 Å². The Bertz CT molecular complexity index is 1640. The number of likely N-dealkylation sites (tertiary alicyclic amines) is 3. The SMILES string of the molecule is Cc1cc(C[C@@H](NC(=O)N2CCC(c3cccc4ccccc34)CC2)C(=O)N2CCC(N3CCCCC3)CC2)cc2cn[nH]c12. The number of benzene rings is 3. The Labute approximate surface area is 266 Å². The molecule has 0 aliphatic carbocycles. The minimum Gasteiger partial charge on any atom is -0.341 e. The Kier molecular flexibility index (Phi) is 8.74. The van der Waals surface area contributed by atoms with Gasteiger partial charge in [-0.15, -0.1) is 0 Å². The zero-order chi connectivity index (χ0) is 30.8. The number of carbonyl (C=O) groups is 2. The number of piperidine rings is 3. The maximum absolute atomic E-state index is 14.1. The lowest BCUT2D eigenvalue weighted by molar-refractivity contribution is -0.134. The molecule has 7 rings (SSSR count). The fourth-order valence-corrected chi connectivity index (χ4v) is 8.06. The molecule has 236 valence electrons. The average Bonchev–Trinajstić information content (AvgIpc) is 3.57. The van der Waals surface area contributed by atoms with Crippen LogP contribution < -0.4 is 5.32 Å². The number of nitrogens with zero attached hydrogens (tertiary/aromatic N) is 4. The van der Waals surface area contributed by atoms with Gasteiger partial charge >= 0.3 is 6.03 Å². The van der Waals surface area contributed by atoms with E-state index in [1.807, 2.05) is 16.0 Å². The molecule has 4 heterocycles. The predicted molar refractivity (Wildman–Crippen MR) is 179 cm³/mol. The summed E-state index contributed by atoms with van der Waals surface area (Å²) in [4.78, 5) is 34.4. The number of urea groups is 1. The summed E-state index contributed by atoms with van der Waals surface area (Å²) >= 11 is 0. The first-order valence-electron chi connectivity index (χ1n) is 17.0. The highest BCUT2D eigenvalue weighted by Crippen LogP contribution is 2.33. The van der Waals surface area contributed by atoms with Gasteiger partial charge in [0.2, 0.25) is 5.91 Å². The fraction of sp³-hybridized carbons (Fsp3) is 0.486. The molecule has 8 nitrogen and oxygen atoms in total. The predicted octanol–water partition coefficient (Wildman–Crippen LogP) is 6.00. The van der Waals surface area contributed by atoms with Crippen LogP contribution in [0.5, 0.6) is 0 Å². The van der Waals surface area contributed by atoms with Gasteiger partial charge in [0, 0.05) is 44.0 Å². The molecular weight excluding hydrogens is 560 g/mol. The quantitative estimate of drug-likeness (QED) is 0.282. The van der Waals surface area contributed by atoms with Gasteiger partial charge in [0.05, 0.1) is 11.7 Å². The molecule has 0 bridgehead atoms. The monoisotopic (exact) mass is 606 g/mol. The van der Waals surface area contributed by atoms with E-state index in [2.05, 4.69) is 81.9 Å². The van der Waals surface area contributed by atoms with Gasteiger partial charge in [0.15, 0.2) is 0 Å². The summed E-state index contributed by atoms with van der Waals surface area (Å²) in [7, 11) is 0. The van der Waals surface area contributed by atoms with Crippen molar-refractivity contribution in [1.29, 1.82) is 0 Å². The molecule has 0 radical (unpaired) electrons. The highest BCUT2D eigenvalue weighted by atomic mass is 16.2. The Morgan fingerprint density at radius 1 is 0.867 bits per heavy atom. The summed E-state index contributed by atoms with van der Waals surface area (Å²) in [6.07, 6.45) is 10.0. The van der Waals surface area contributed by atoms with Crippen LogP contribution in [-0.4, -0.2) is 88.2 Å². The van der Waals surface area contributed by atoms with Gasteiger partial charge in [-0.3, -0.25) is 9.89 Å². The number of H-pyrrole nitrogens is 1. The second-order valence-electron chi connectivity index (χ2n) is 13.4. The molecule has 0 unspecified atom stereocenters. The summed E-state index contributed by atoms with van der Waals surface area (Å²) in [5.41, 5.74) is 4.52. The molecule has 3 fully saturated rings. The Morgan fingerprint density at radius 3 is 2.40 bits per heavy atom. The summed E-state index contributed by atoms with van der Waals surface area (Å²) < 4.78 is 0. The van der Waals surface area contributed by atoms with Crippen molar-refractivity contribution in [2.24, 2.45) is 0 Å². The normalized spacial score (nSPS) is 19.7. The number of hydrogen-bond acceptors (Lipinski definition) is 4. The number of aromatic nitrogens is 2. The van der Waals surface area contributed by atoms with Crippen LogP contribution in [0.3, 0.4) is 0 Å². The summed E-state index contributed by atoms with van der Waals surface area (Å²) in [6.45, 7) is 7.30. The number of aryl methyl sites for hydroxylation is 1. The Morgan fingerprint density at radius 2 is 1.60 bits per heavy atom. The maximum Gasteiger partial charge on any atom is 0.318 e. The zero-order valence-electron chi connectivity index (χ0n) is 26.5. The van der Waals surface area contributed by atoms with E-state index in [1.54, 1.807) is 0 Å². The largest absolute Gasteiger partial charge is 0.341 e. The van der Waals surface area contributed by atoms with Gasteiger partial charge in [-0.1, -0.05) is 55.0 Å². The molecule has 4 aromatic rings. The van der Waals surface area contributed by atoms with E-state index in [9.17, 15) is 9.59 Å². The number of fused-ring (bicyclic) bond motifs is 2. The standard InChI is InChI=1S/C37H46N6O2/c1-26-22-27(23-30-25-38-40-35(26)30)24-34(36(44)42-20-14-31(15-21-42)41-16-5-2-6-17-41)39-37(45)43-18-12-29(13-19-43)33-11-7-9-28-8-3-4-10-32(28)33/h3-4,7-11,22-23,25,29,31,34H,2,5-6,12-21,24H2,1H3,(H,38,40)(H,39,45)/t34-/m1/s1. The number of aromatic amines is 1. The molecule has 3 aromatic carbocycles. The number of hydrogen-bond donors (Lipinski definition) is 2. The lowest BCUT2D eigenvalue weighted by Gasteiger charge is -2.41. The highest BCUT2D eigenvalue weighted by Gasteiger charge is 2.33. The molecule has 45 heavy (non-hydrogen) atoms. The van der Waals surface area contributed by atoms with Crippen LogP contribution >= 0.6 is 0 Å². The molecule has 3 amide bonds. The van der Waals surface area contributed by atoms with Gasteiger partial charge in [-0.05, 0) is 98.0 Å². The van der Waals surface area contributed by atoms with Crippen LogP contribution in [0.4, 0.5) is 4.79 Å². The molecule has 8 heteroatoms. The highest BCUT2D eigenvalue weighted by molar-refractivity contribution is 5.89. The van der Waals surface area contributed by atoms with Gasteiger partial charge in [-0.2, -0.15) is 5.10 Å². The molecule has 2 N–H and O–H groups in total. The van der Waals surface area contributed by atoms with Crippen LogP contribution in [0.15, 0.2) is 60.8 Å². The fourth-order valence-electron chi connectivity index (χ4n) is 8.06. The van der Waals surface area contributed by atoms with Gasteiger partial charge < -0.3 is 20.0 Å². The topological polar surface area (TPSA) is 84.6 Å². The van der Waals surface area contributed by atoms with Crippen LogP contribution in [0.25, 0.3) is 21.7 Å². The van der Waals surface area contributed by atoms with Crippen LogP contribution in [-0.2, 0) is 11.2 Å². The molecule has 0 spiro atoms. The smallest absolute Gasteiger partial charge is 0.318 e. The van der Waals surface area contributed by atoms with Gasteiger partial charge in [0.25, 0.3) is 0 Å². The van der Waals surface area contributed by atoms with Crippen LogP contribution in [0.1, 0.15) is 67.6 Å². The Hall–Kier alpha value is -3.91. The lowest BCUT2D eigenvalue weighted by Crippen LogP contribution is -2.56. The molecule has 1 aromatic heterocycles. The third-order valence-corrected chi connectivity index (χ3v) is 10.6. The van der Waals surface area contributed by atoms with E-state index in [-0.39, 0.29) is 11.9 Å². The van der Waals surface area contributed by atoms with Crippen molar-refractivity contribution in [3.05, 3.63) is 77.5 Å². The van der Waals surface area contributed by atoms with Crippen LogP contribution in [0, 0.1) is 6.92 Å². The molecule has 3 aliphatic heterocycles. The zero-order valence-corrected chi connectivity index (χ0v) is 26.5. The first-order valence-corrected chi connectivity index (χ1v) is 17.0. The van der Waals surface area contributed by atoms with Gasteiger partial charge in [-0.25, -0.2) is 4.79 Å². The van der Waals surface area contributed by atoms with E-state index in [0.29, 0.717) is 31.5 Å². The summed E-state index contributed by atoms with van der Waals surface area (Å²) in [6, 6.07) is 19.2. The minimum absolute atomic E-state index is 0.0380. The lowest BCUT2D eigenvalue weighted by atomic mass is 9.86. The van der Waals surface area contributed by atoms with Crippen molar-refractivity contribution in [3.63, 3.8) is 0 Å². The van der Waals surface area contributed by atoms with Crippen molar-refractivity contribution >= 4 is 33.6 Å². The van der Waals surface area contributed by atoms with E-state index in [1.165, 1.54) is 48.7 Å². The minimum atomic E-state index is -0.608. The number of rotatable bonds is 6. The van der Waals surface area contributed by atoms with Gasteiger partial charge in [0.1, 0.15) is 6.04 Å². The first kappa shape index (κ1) is 29.8. The molecule has 1 atom stereocenters. The number of carbonyl (C=O) groups excluding carboxylic acids is 2. The molecule has 3 aliphatic rings. The first-order chi connectivity index (χ1) is 22.0. The van der Waals surface area contributed by atoms with E-state index >= 15 is 0 Å². The third-order valence-electron chi connectivity index (χ3n) is 10.6. The molecule has 3 saturated heterocycles. The second kappa shape index (κ2) is 13.2. The average molecular weight is 607 g/mol. The second-order valence-corrected chi connectivity index (χ2v) is 13.4. The number of amides is 3. The van der Waals surface area contributed by atoms with E-state index in [4.69, 9.17) is 0 Å². The van der Waals surface area contributed by atoms with Crippen molar-refractivity contribution in [3.8, 4) is 0 Å².